The predicted octanol–water partition coefficient (Wildman–Crippen LogP) is 3.33. The smallest absolute Gasteiger partial charge is 0.148 e. The van der Waals surface area contributed by atoms with E-state index in [1.165, 1.54) is 29.5 Å². The van der Waals surface area contributed by atoms with Gasteiger partial charge >= 0.3 is 0 Å². The van der Waals surface area contributed by atoms with Crippen LogP contribution in [0, 0.1) is 13.8 Å². The van der Waals surface area contributed by atoms with Crippen LogP contribution in [0.4, 0.5) is 5.82 Å². The van der Waals surface area contributed by atoms with Crippen LogP contribution < -0.4 is 5.32 Å². The largest absolute Gasteiger partial charge is 0.366 e. The third-order valence-corrected chi connectivity index (χ3v) is 3.47. The number of nitrogens with one attached hydrogen (secondary N) is 1. The van der Waals surface area contributed by atoms with Gasteiger partial charge in [0.05, 0.1) is 5.69 Å². The second-order valence-electron chi connectivity index (χ2n) is 4.97. The van der Waals surface area contributed by atoms with E-state index in [1.54, 1.807) is 0 Å². The minimum atomic E-state index is 0.617. The standard InChI is InChI=1S/C15H17N3/c1-10-4-3-5-13(11(10)2)14-8-9-15(18-17-14)16-12-6-7-12/h3-5,8-9,12H,6-7H2,1-2H3,(H,16,18). The Balaban J connectivity index is 1.89. The molecule has 0 amide bonds. The quantitative estimate of drug-likeness (QED) is 0.892. The van der Waals surface area contributed by atoms with Crippen molar-refractivity contribution >= 4 is 5.82 Å². The van der Waals surface area contributed by atoms with Gasteiger partial charge in [-0.1, -0.05) is 18.2 Å². The predicted molar refractivity (Wildman–Crippen MR) is 73.6 cm³/mol. The maximum Gasteiger partial charge on any atom is 0.148 e. The van der Waals surface area contributed by atoms with E-state index < -0.39 is 0 Å². The van der Waals surface area contributed by atoms with Crippen molar-refractivity contribution in [3.63, 3.8) is 0 Å². The van der Waals surface area contributed by atoms with Gasteiger partial charge in [-0.25, -0.2) is 0 Å². The average Bonchev–Trinajstić information content (AvgIpc) is 3.18. The Morgan fingerprint density at radius 1 is 1.06 bits per heavy atom. The van der Waals surface area contributed by atoms with E-state index in [1.807, 2.05) is 12.1 Å². The molecule has 0 saturated heterocycles. The molecule has 0 bridgehead atoms. The molecule has 3 heteroatoms. The van der Waals surface area contributed by atoms with Crippen molar-refractivity contribution in [1.29, 1.82) is 0 Å². The number of hydrogen-bond donors (Lipinski definition) is 1. The second kappa shape index (κ2) is 4.41. The molecule has 0 spiro atoms. The molecule has 18 heavy (non-hydrogen) atoms. The van der Waals surface area contributed by atoms with E-state index in [4.69, 9.17) is 0 Å². The zero-order valence-corrected chi connectivity index (χ0v) is 10.8. The highest BCUT2D eigenvalue weighted by atomic mass is 15.2. The van der Waals surface area contributed by atoms with Crippen LogP contribution in [0.3, 0.4) is 0 Å². The van der Waals surface area contributed by atoms with Gasteiger partial charge in [-0.05, 0) is 49.9 Å². The number of aryl methyl sites for hydroxylation is 1. The molecule has 2 aromatic rings. The van der Waals surface area contributed by atoms with Crippen LogP contribution >= 0.6 is 0 Å². The Labute approximate surface area is 107 Å². The summed E-state index contributed by atoms with van der Waals surface area (Å²) < 4.78 is 0. The fourth-order valence-electron chi connectivity index (χ4n) is 2.02. The third kappa shape index (κ3) is 2.21. The first-order valence-electron chi connectivity index (χ1n) is 6.41. The highest BCUT2D eigenvalue weighted by Gasteiger charge is 2.21. The van der Waals surface area contributed by atoms with E-state index in [2.05, 4.69) is 47.6 Å². The summed E-state index contributed by atoms with van der Waals surface area (Å²) in [6.45, 7) is 4.25. The molecule has 1 fully saturated rings. The molecule has 0 radical (unpaired) electrons. The second-order valence-corrected chi connectivity index (χ2v) is 4.97. The van der Waals surface area contributed by atoms with Gasteiger partial charge in [-0.2, -0.15) is 0 Å². The summed E-state index contributed by atoms with van der Waals surface area (Å²) in [4.78, 5) is 0. The highest BCUT2D eigenvalue weighted by Crippen LogP contribution is 2.26. The Kier molecular flexibility index (Phi) is 2.74. The molecule has 0 atom stereocenters. The molecule has 1 aromatic carbocycles. The van der Waals surface area contributed by atoms with Gasteiger partial charge in [-0.3, -0.25) is 0 Å². The van der Waals surface area contributed by atoms with Crippen molar-refractivity contribution in [2.75, 3.05) is 5.32 Å². The molecule has 0 aliphatic heterocycles. The molecular formula is C15H17N3. The molecule has 1 aliphatic rings. The number of anilines is 1. The lowest BCUT2D eigenvalue weighted by Gasteiger charge is -2.08. The van der Waals surface area contributed by atoms with Crippen molar-refractivity contribution in [2.45, 2.75) is 32.7 Å². The molecule has 1 N–H and O–H groups in total. The minimum absolute atomic E-state index is 0.617. The number of benzene rings is 1. The van der Waals surface area contributed by atoms with E-state index in [0.717, 1.165) is 11.5 Å². The van der Waals surface area contributed by atoms with Gasteiger partial charge in [0.2, 0.25) is 0 Å². The van der Waals surface area contributed by atoms with Crippen LogP contribution in [0.15, 0.2) is 30.3 Å². The van der Waals surface area contributed by atoms with E-state index >= 15 is 0 Å². The van der Waals surface area contributed by atoms with Crippen LogP contribution in [0.1, 0.15) is 24.0 Å². The van der Waals surface area contributed by atoms with Gasteiger partial charge < -0.3 is 5.32 Å². The molecular weight excluding hydrogens is 222 g/mol. The molecule has 1 aliphatic carbocycles. The minimum Gasteiger partial charge on any atom is -0.366 e. The van der Waals surface area contributed by atoms with Crippen LogP contribution in [0.2, 0.25) is 0 Å². The topological polar surface area (TPSA) is 37.8 Å². The summed E-state index contributed by atoms with van der Waals surface area (Å²) in [5.41, 5.74) is 4.67. The summed E-state index contributed by atoms with van der Waals surface area (Å²) >= 11 is 0. The van der Waals surface area contributed by atoms with Gasteiger partial charge in [0, 0.05) is 11.6 Å². The van der Waals surface area contributed by atoms with Crippen molar-refractivity contribution in [3.05, 3.63) is 41.5 Å². The summed E-state index contributed by atoms with van der Waals surface area (Å²) in [5.74, 6) is 0.881. The number of hydrogen-bond acceptors (Lipinski definition) is 3. The first-order valence-corrected chi connectivity index (χ1v) is 6.41. The molecule has 1 heterocycles. The number of aromatic nitrogens is 2. The van der Waals surface area contributed by atoms with Gasteiger partial charge in [0.15, 0.2) is 0 Å². The van der Waals surface area contributed by atoms with Crippen LogP contribution in [0.5, 0.6) is 0 Å². The van der Waals surface area contributed by atoms with Crippen molar-refractivity contribution in [1.82, 2.24) is 10.2 Å². The lowest BCUT2D eigenvalue weighted by atomic mass is 10.0. The van der Waals surface area contributed by atoms with Crippen molar-refractivity contribution < 1.29 is 0 Å². The highest BCUT2D eigenvalue weighted by molar-refractivity contribution is 5.65. The lowest BCUT2D eigenvalue weighted by molar-refractivity contribution is 1.00. The number of nitrogens with zero attached hydrogens (tertiary/aromatic N) is 2. The summed E-state index contributed by atoms with van der Waals surface area (Å²) in [6.07, 6.45) is 2.50. The third-order valence-electron chi connectivity index (χ3n) is 3.47. The zero-order valence-electron chi connectivity index (χ0n) is 10.8. The summed E-state index contributed by atoms with van der Waals surface area (Å²) in [6, 6.07) is 11.0. The molecule has 1 aromatic heterocycles. The Hall–Kier alpha value is -1.90. The number of rotatable bonds is 3. The summed E-state index contributed by atoms with van der Waals surface area (Å²) in [7, 11) is 0. The zero-order chi connectivity index (χ0) is 12.5. The van der Waals surface area contributed by atoms with Crippen molar-refractivity contribution in [3.8, 4) is 11.3 Å². The van der Waals surface area contributed by atoms with Crippen LogP contribution in [-0.2, 0) is 0 Å². The maximum absolute atomic E-state index is 4.32. The Bertz CT molecular complexity index is 556. The van der Waals surface area contributed by atoms with Crippen molar-refractivity contribution in [2.24, 2.45) is 0 Å². The normalized spacial score (nSPS) is 14.6. The first kappa shape index (κ1) is 11.2. The van der Waals surface area contributed by atoms with E-state index in [9.17, 15) is 0 Å². The van der Waals surface area contributed by atoms with Crippen LogP contribution in [0.25, 0.3) is 11.3 Å². The monoisotopic (exact) mass is 239 g/mol. The van der Waals surface area contributed by atoms with Gasteiger partial charge in [-0.15, -0.1) is 10.2 Å². The Morgan fingerprint density at radius 3 is 2.56 bits per heavy atom. The van der Waals surface area contributed by atoms with Gasteiger partial charge in [0.1, 0.15) is 5.82 Å². The fourth-order valence-corrected chi connectivity index (χ4v) is 2.02. The molecule has 92 valence electrons. The molecule has 0 unspecified atom stereocenters. The lowest BCUT2D eigenvalue weighted by Crippen LogP contribution is -2.04. The molecule has 1 saturated carbocycles. The fraction of sp³-hybridized carbons (Fsp3) is 0.333. The SMILES string of the molecule is Cc1cccc(-c2ccc(NC3CC3)nn2)c1C. The van der Waals surface area contributed by atoms with E-state index in [-0.39, 0.29) is 0 Å². The maximum atomic E-state index is 4.32. The Morgan fingerprint density at radius 2 is 1.89 bits per heavy atom. The first-order chi connectivity index (χ1) is 8.74. The summed E-state index contributed by atoms with van der Waals surface area (Å²) in [5, 5.41) is 11.9. The molecule has 3 nitrogen and oxygen atoms in total. The van der Waals surface area contributed by atoms with Gasteiger partial charge in [0.25, 0.3) is 0 Å². The average molecular weight is 239 g/mol. The molecule has 3 rings (SSSR count). The van der Waals surface area contributed by atoms with E-state index in [0.29, 0.717) is 6.04 Å². The van der Waals surface area contributed by atoms with Crippen LogP contribution in [-0.4, -0.2) is 16.2 Å².